The monoisotopic (exact) mass is 652 g/mol. The first kappa shape index (κ1) is 27.9. The van der Waals surface area contributed by atoms with Crippen molar-refractivity contribution < 1.29 is 4.42 Å². The number of para-hydroxylation sites is 3. The second kappa shape index (κ2) is 10.8. The van der Waals surface area contributed by atoms with Crippen molar-refractivity contribution >= 4 is 65.6 Å². The molecule has 0 amide bonds. The van der Waals surface area contributed by atoms with Crippen molar-refractivity contribution in [1.82, 2.24) is 19.1 Å². The summed E-state index contributed by atoms with van der Waals surface area (Å²) in [6, 6.07) is 59.4. The maximum absolute atomic E-state index is 6.73. The fourth-order valence-corrected chi connectivity index (χ4v) is 7.86. The maximum Gasteiger partial charge on any atom is 0.235 e. The Morgan fingerprint density at radius 1 is 0.392 bits per heavy atom. The van der Waals surface area contributed by atoms with Crippen molar-refractivity contribution in [3.8, 4) is 34.2 Å². The van der Waals surface area contributed by atoms with Crippen LogP contribution in [0.3, 0.4) is 0 Å². The van der Waals surface area contributed by atoms with E-state index in [0.29, 0.717) is 5.95 Å². The third kappa shape index (κ3) is 4.15. The van der Waals surface area contributed by atoms with Gasteiger partial charge in [-0.3, -0.25) is 4.57 Å². The normalized spacial score (nSPS) is 11.9. The second-order valence-electron chi connectivity index (χ2n) is 13.0. The molecule has 5 nitrogen and oxygen atoms in total. The van der Waals surface area contributed by atoms with Crippen LogP contribution < -0.4 is 0 Å². The summed E-state index contributed by atoms with van der Waals surface area (Å²) < 4.78 is 11.3. The molecular formula is C46H28N4O. The number of aromatic nitrogens is 4. The number of nitrogens with zero attached hydrogens (tertiary/aromatic N) is 4. The van der Waals surface area contributed by atoms with E-state index in [4.69, 9.17) is 14.4 Å². The summed E-state index contributed by atoms with van der Waals surface area (Å²) in [4.78, 5) is 10.6. The zero-order chi connectivity index (χ0) is 33.5. The van der Waals surface area contributed by atoms with Crippen molar-refractivity contribution in [2.75, 3.05) is 0 Å². The van der Waals surface area contributed by atoms with Crippen LogP contribution in [0, 0.1) is 0 Å². The maximum atomic E-state index is 6.73. The van der Waals surface area contributed by atoms with Gasteiger partial charge in [-0.2, -0.15) is 0 Å². The number of hydrogen-bond donors (Lipinski definition) is 0. The molecule has 0 saturated heterocycles. The molecule has 238 valence electrons. The largest absolute Gasteiger partial charge is 0.455 e. The van der Waals surface area contributed by atoms with E-state index >= 15 is 0 Å². The molecule has 0 aliphatic heterocycles. The lowest BCUT2D eigenvalue weighted by Crippen LogP contribution is -2.04. The second-order valence-corrected chi connectivity index (χ2v) is 13.0. The highest BCUT2D eigenvalue weighted by molar-refractivity contribution is 6.26. The van der Waals surface area contributed by atoms with E-state index in [2.05, 4.69) is 155 Å². The van der Waals surface area contributed by atoms with Crippen LogP contribution in [0.2, 0.25) is 0 Å². The van der Waals surface area contributed by atoms with Gasteiger partial charge in [0.05, 0.1) is 38.8 Å². The standard InChI is InChI=1S/C46H28N4O/c1-4-14-29(15-5-1)37-28-38(30-16-6-2-7-17-30)48-46(47-37)50-40-25-24-34-33-21-11-13-23-43(33)51-45(34)44(40)36-27-41-35(26-42(36)50)32-20-10-12-22-39(32)49(41)31-18-8-3-9-19-31/h1-28H. The fourth-order valence-electron chi connectivity index (χ4n) is 7.86. The van der Waals surface area contributed by atoms with Gasteiger partial charge in [0.25, 0.3) is 0 Å². The summed E-state index contributed by atoms with van der Waals surface area (Å²) >= 11 is 0. The van der Waals surface area contributed by atoms with Crippen molar-refractivity contribution in [1.29, 1.82) is 0 Å². The molecule has 0 aliphatic carbocycles. The summed E-state index contributed by atoms with van der Waals surface area (Å²) in [7, 11) is 0. The van der Waals surface area contributed by atoms with Crippen LogP contribution in [0.4, 0.5) is 0 Å². The highest BCUT2D eigenvalue weighted by atomic mass is 16.3. The van der Waals surface area contributed by atoms with Crippen LogP contribution in [0.25, 0.3) is 99.7 Å². The molecule has 11 rings (SSSR count). The molecule has 0 saturated carbocycles. The van der Waals surface area contributed by atoms with Gasteiger partial charge in [-0.1, -0.05) is 115 Å². The molecule has 5 heteroatoms. The van der Waals surface area contributed by atoms with E-state index in [1.807, 2.05) is 24.3 Å². The van der Waals surface area contributed by atoms with Crippen LogP contribution in [0.15, 0.2) is 174 Å². The predicted octanol–water partition coefficient (Wildman–Crippen LogP) is 11.9. The van der Waals surface area contributed by atoms with Crippen LogP contribution in [-0.4, -0.2) is 19.1 Å². The minimum atomic E-state index is 0.608. The number of furan rings is 1. The average molecular weight is 653 g/mol. The number of rotatable bonds is 4. The Morgan fingerprint density at radius 3 is 1.71 bits per heavy atom. The molecule has 0 aliphatic rings. The molecule has 0 atom stereocenters. The first-order valence-corrected chi connectivity index (χ1v) is 17.2. The molecule has 0 bridgehead atoms. The smallest absolute Gasteiger partial charge is 0.235 e. The highest BCUT2D eigenvalue weighted by Crippen LogP contribution is 2.43. The molecule has 4 heterocycles. The van der Waals surface area contributed by atoms with Gasteiger partial charge in [-0.15, -0.1) is 0 Å². The van der Waals surface area contributed by atoms with E-state index < -0.39 is 0 Å². The summed E-state index contributed by atoms with van der Waals surface area (Å²) in [5.74, 6) is 0.608. The Bertz CT molecular complexity index is 3060. The Balaban J connectivity index is 1.32. The van der Waals surface area contributed by atoms with E-state index in [1.165, 1.54) is 5.39 Å². The molecule has 7 aromatic carbocycles. The van der Waals surface area contributed by atoms with E-state index in [9.17, 15) is 0 Å². The van der Waals surface area contributed by atoms with Gasteiger partial charge in [-0.05, 0) is 54.6 Å². The summed E-state index contributed by atoms with van der Waals surface area (Å²) in [5, 5.41) is 6.66. The van der Waals surface area contributed by atoms with Crippen molar-refractivity contribution in [2.24, 2.45) is 0 Å². The lowest BCUT2D eigenvalue weighted by Gasteiger charge is -2.12. The van der Waals surface area contributed by atoms with E-state index in [1.54, 1.807) is 0 Å². The zero-order valence-corrected chi connectivity index (χ0v) is 27.4. The SMILES string of the molecule is c1ccc(-c2cc(-c3ccccc3)nc(-n3c4cc5c6ccccc6n(-c6ccccc6)c5cc4c4c5oc6ccccc6c5ccc43)n2)cc1. The number of hydrogen-bond acceptors (Lipinski definition) is 3. The molecule has 51 heavy (non-hydrogen) atoms. The number of benzene rings is 7. The third-order valence-electron chi connectivity index (χ3n) is 10.1. The van der Waals surface area contributed by atoms with E-state index in [0.717, 1.165) is 88.4 Å². The van der Waals surface area contributed by atoms with Crippen molar-refractivity contribution in [3.05, 3.63) is 170 Å². The van der Waals surface area contributed by atoms with Crippen LogP contribution >= 0.6 is 0 Å². The molecule has 4 aromatic heterocycles. The molecule has 0 N–H and O–H groups in total. The quantitative estimate of drug-likeness (QED) is 0.190. The Labute approximate surface area is 292 Å². The summed E-state index contributed by atoms with van der Waals surface area (Å²) in [6.45, 7) is 0. The van der Waals surface area contributed by atoms with Crippen molar-refractivity contribution in [2.45, 2.75) is 0 Å². The number of fused-ring (bicyclic) bond motifs is 10. The van der Waals surface area contributed by atoms with Gasteiger partial charge in [0.2, 0.25) is 5.95 Å². The fraction of sp³-hybridized carbons (Fsp3) is 0. The minimum Gasteiger partial charge on any atom is -0.455 e. The Hall–Kier alpha value is -6.98. The molecule has 0 unspecified atom stereocenters. The zero-order valence-electron chi connectivity index (χ0n) is 27.4. The van der Waals surface area contributed by atoms with Gasteiger partial charge >= 0.3 is 0 Å². The van der Waals surface area contributed by atoms with Crippen LogP contribution in [0.5, 0.6) is 0 Å². The molecule has 0 spiro atoms. The topological polar surface area (TPSA) is 48.8 Å². The van der Waals surface area contributed by atoms with Gasteiger partial charge in [0.15, 0.2) is 0 Å². The summed E-state index contributed by atoms with van der Waals surface area (Å²) in [5.41, 5.74) is 10.9. The van der Waals surface area contributed by atoms with Gasteiger partial charge in [0.1, 0.15) is 11.2 Å². The minimum absolute atomic E-state index is 0.608. The van der Waals surface area contributed by atoms with E-state index in [-0.39, 0.29) is 0 Å². The Kier molecular flexibility index (Phi) is 5.89. The van der Waals surface area contributed by atoms with Gasteiger partial charge < -0.3 is 8.98 Å². The first-order valence-electron chi connectivity index (χ1n) is 17.2. The van der Waals surface area contributed by atoms with Crippen LogP contribution in [0.1, 0.15) is 0 Å². The average Bonchev–Trinajstić information content (AvgIpc) is 3.85. The summed E-state index contributed by atoms with van der Waals surface area (Å²) in [6.07, 6.45) is 0. The van der Waals surface area contributed by atoms with Crippen molar-refractivity contribution in [3.63, 3.8) is 0 Å². The molecule has 0 radical (unpaired) electrons. The highest BCUT2D eigenvalue weighted by Gasteiger charge is 2.23. The lowest BCUT2D eigenvalue weighted by molar-refractivity contribution is 0.673. The molecule has 11 aromatic rings. The first-order chi connectivity index (χ1) is 25.3. The lowest BCUT2D eigenvalue weighted by atomic mass is 10.1. The molecule has 0 fully saturated rings. The third-order valence-corrected chi connectivity index (χ3v) is 10.1. The molecular weight excluding hydrogens is 625 g/mol. The predicted molar refractivity (Wildman–Crippen MR) is 209 cm³/mol. The Morgan fingerprint density at radius 2 is 0.980 bits per heavy atom. The van der Waals surface area contributed by atoms with Gasteiger partial charge in [-0.25, -0.2) is 9.97 Å². The van der Waals surface area contributed by atoms with Gasteiger partial charge in [0, 0.05) is 43.7 Å². The van der Waals surface area contributed by atoms with Crippen LogP contribution in [-0.2, 0) is 0 Å².